The smallest absolute Gasteiger partial charge is 0.344 e. The number of carbonyl (C=O) groups excluding carboxylic acids is 2. The van der Waals surface area contributed by atoms with Gasteiger partial charge in [0, 0.05) is 38.0 Å². The van der Waals surface area contributed by atoms with Crippen molar-refractivity contribution in [3.8, 4) is 0 Å². The van der Waals surface area contributed by atoms with Crippen molar-refractivity contribution < 1.29 is 27.7 Å². The van der Waals surface area contributed by atoms with Gasteiger partial charge in [-0.15, -0.1) is 11.3 Å². The number of non-ortho nitro benzene ring substituents is 1. The van der Waals surface area contributed by atoms with Crippen LogP contribution in [-0.4, -0.2) is 66.5 Å². The minimum absolute atomic E-state index is 0.0682. The van der Waals surface area contributed by atoms with E-state index in [9.17, 15) is 28.1 Å². The molecule has 1 aliphatic rings. The van der Waals surface area contributed by atoms with Crippen LogP contribution in [0.3, 0.4) is 0 Å². The van der Waals surface area contributed by atoms with Crippen LogP contribution in [0.2, 0.25) is 0 Å². The number of hydrogen-bond acceptors (Lipinski definition) is 8. The maximum absolute atomic E-state index is 13.1. The topological polar surface area (TPSA) is 139 Å². The average molecular weight is 537 g/mol. The van der Waals surface area contributed by atoms with E-state index < -0.39 is 45.0 Å². The standard InChI is InChI=1S/C23H28N4O7S2/c1-15(2)34-22(28)20-16(3)24-23(29)26(21(20)17-8-5-9-18(14-17)27(30)31)12-7-11-25(4)36(32,33)19-10-6-13-35-19/h5-6,8-10,13-15,20-21H,7,11-12H2,1-4H3. The first kappa shape index (κ1) is 27.4. The van der Waals surface area contributed by atoms with Crippen molar-refractivity contribution in [1.29, 1.82) is 0 Å². The van der Waals surface area contributed by atoms with Crippen LogP contribution >= 0.6 is 11.3 Å². The summed E-state index contributed by atoms with van der Waals surface area (Å²) >= 11 is 1.11. The molecule has 0 N–H and O–H groups in total. The molecule has 1 aliphatic heterocycles. The normalized spacial score (nSPS) is 18.4. The third-order valence-corrected chi connectivity index (χ3v) is 8.91. The summed E-state index contributed by atoms with van der Waals surface area (Å²) in [5.41, 5.74) is 0.450. The van der Waals surface area contributed by atoms with Crippen LogP contribution in [0.5, 0.6) is 0 Å². The summed E-state index contributed by atoms with van der Waals surface area (Å²) in [6.07, 6.45) is -0.169. The second-order valence-corrected chi connectivity index (χ2v) is 11.8. The number of benzene rings is 1. The number of amides is 2. The maximum atomic E-state index is 13.1. The Morgan fingerprint density at radius 2 is 2.03 bits per heavy atom. The number of thiophene rings is 1. The van der Waals surface area contributed by atoms with Gasteiger partial charge in [-0.1, -0.05) is 18.2 Å². The molecule has 194 valence electrons. The van der Waals surface area contributed by atoms with E-state index in [0.717, 1.165) is 11.3 Å². The summed E-state index contributed by atoms with van der Waals surface area (Å²) in [5.74, 6) is -1.57. The molecular formula is C23H28N4O7S2. The Balaban J connectivity index is 1.91. The third kappa shape index (κ3) is 5.97. The van der Waals surface area contributed by atoms with Gasteiger partial charge in [-0.05, 0) is 44.2 Å². The van der Waals surface area contributed by atoms with Crippen molar-refractivity contribution >= 4 is 44.8 Å². The van der Waals surface area contributed by atoms with Crippen molar-refractivity contribution in [2.75, 3.05) is 20.1 Å². The Labute approximate surface area is 213 Å². The second-order valence-electron chi connectivity index (χ2n) is 8.60. The predicted molar refractivity (Wildman–Crippen MR) is 135 cm³/mol. The molecule has 0 radical (unpaired) electrons. The van der Waals surface area contributed by atoms with E-state index >= 15 is 0 Å². The summed E-state index contributed by atoms with van der Waals surface area (Å²) in [5, 5.41) is 13.1. The number of aliphatic imine (C=N–C) groups is 1. The molecule has 0 spiro atoms. The lowest BCUT2D eigenvalue weighted by Gasteiger charge is -2.39. The molecule has 0 saturated carbocycles. The predicted octanol–water partition coefficient (Wildman–Crippen LogP) is 3.87. The summed E-state index contributed by atoms with van der Waals surface area (Å²) < 4.78 is 32.3. The van der Waals surface area contributed by atoms with Gasteiger partial charge in [0.05, 0.1) is 17.1 Å². The molecular weight excluding hydrogens is 508 g/mol. The van der Waals surface area contributed by atoms with Crippen molar-refractivity contribution in [1.82, 2.24) is 9.21 Å². The second kappa shape index (κ2) is 11.3. The number of carbonyl (C=O) groups is 2. The highest BCUT2D eigenvalue weighted by Crippen LogP contribution is 2.36. The van der Waals surface area contributed by atoms with Crippen molar-refractivity contribution in [2.24, 2.45) is 10.9 Å². The number of nitrogens with zero attached hydrogens (tertiary/aromatic N) is 4. The summed E-state index contributed by atoms with van der Waals surface area (Å²) in [6.45, 7) is 5.12. The molecule has 2 unspecified atom stereocenters. The number of rotatable bonds is 10. The molecule has 2 amide bonds. The number of nitro groups is 1. The fraction of sp³-hybridized carbons (Fsp3) is 0.435. The van der Waals surface area contributed by atoms with Gasteiger partial charge in [-0.25, -0.2) is 22.5 Å². The SMILES string of the molecule is CC1=NC(=O)N(CCCN(C)S(=O)(=O)c2cccs2)C(c2cccc([N+](=O)[O-])c2)C1C(=O)OC(C)C. The first-order chi connectivity index (χ1) is 16.9. The fourth-order valence-corrected chi connectivity index (χ4v) is 6.40. The van der Waals surface area contributed by atoms with E-state index in [4.69, 9.17) is 4.74 Å². The molecule has 2 aromatic rings. The van der Waals surface area contributed by atoms with Crippen LogP contribution in [0.15, 0.2) is 51.0 Å². The molecule has 13 heteroatoms. The zero-order chi connectivity index (χ0) is 26.6. The third-order valence-electron chi connectivity index (χ3n) is 5.68. The van der Waals surface area contributed by atoms with Crippen molar-refractivity contribution in [3.05, 3.63) is 57.5 Å². The fourth-order valence-electron chi connectivity index (χ4n) is 3.99. The molecule has 0 saturated heterocycles. The molecule has 0 aliphatic carbocycles. The Morgan fingerprint density at radius 3 is 2.64 bits per heavy atom. The minimum atomic E-state index is -3.67. The molecule has 36 heavy (non-hydrogen) atoms. The van der Waals surface area contributed by atoms with E-state index in [1.807, 2.05) is 0 Å². The number of esters is 1. The Hall–Kier alpha value is -3.16. The van der Waals surface area contributed by atoms with E-state index in [1.165, 1.54) is 40.5 Å². The quantitative estimate of drug-likeness (QED) is 0.255. The van der Waals surface area contributed by atoms with Gasteiger partial charge in [-0.3, -0.25) is 14.9 Å². The average Bonchev–Trinajstić information content (AvgIpc) is 3.35. The van der Waals surface area contributed by atoms with Crippen LogP contribution in [-0.2, 0) is 19.6 Å². The highest BCUT2D eigenvalue weighted by molar-refractivity contribution is 7.91. The lowest BCUT2D eigenvalue weighted by molar-refractivity contribution is -0.385. The number of hydrogen-bond donors (Lipinski definition) is 0. The van der Waals surface area contributed by atoms with Crippen LogP contribution in [0.1, 0.15) is 38.8 Å². The number of sulfonamides is 1. The van der Waals surface area contributed by atoms with Gasteiger partial charge in [0.2, 0.25) is 0 Å². The highest BCUT2D eigenvalue weighted by Gasteiger charge is 2.43. The molecule has 1 aromatic carbocycles. The number of urea groups is 1. The van der Waals surface area contributed by atoms with E-state index in [2.05, 4.69) is 4.99 Å². The van der Waals surface area contributed by atoms with Crippen molar-refractivity contribution in [2.45, 2.75) is 43.5 Å². The number of nitro benzene ring substituents is 1. The van der Waals surface area contributed by atoms with E-state index in [0.29, 0.717) is 5.56 Å². The highest BCUT2D eigenvalue weighted by atomic mass is 32.2. The Bertz CT molecular complexity index is 1260. The van der Waals surface area contributed by atoms with E-state index in [1.54, 1.807) is 38.3 Å². The molecule has 0 fully saturated rings. The van der Waals surface area contributed by atoms with Gasteiger partial charge in [0.25, 0.3) is 15.7 Å². The minimum Gasteiger partial charge on any atom is -0.462 e. The Kier molecular flexibility index (Phi) is 8.59. The van der Waals surface area contributed by atoms with Gasteiger partial charge >= 0.3 is 12.0 Å². The molecule has 3 rings (SSSR count). The van der Waals surface area contributed by atoms with Gasteiger partial charge in [-0.2, -0.15) is 0 Å². The monoisotopic (exact) mass is 536 g/mol. The summed E-state index contributed by atoms with van der Waals surface area (Å²) in [4.78, 5) is 42.3. The first-order valence-corrected chi connectivity index (χ1v) is 13.6. The van der Waals surface area contributed by atoms with Crippen molar-refractivity contribution in [3.63, 3.8) is 0 Å². The van der Waals surface area contributed by atoms with Crippen LogP contribution in [0, 0.1) is 16.0 Å². The molecule has 2 heterocycles. The lowest BCUT2D eigenvalue weighted by atomic mass is 9.86. The molecule has 0 bridgehead atoms. The molecule has 11 nitrogen and oxygen atoms in total. The zero-order valence-corrected chi connectivity index (χ0v) is 22.0. The van der Waals surface area contributed by atoms with Gasteiger partial charge in [0.15, 0.2) is 0 Å². The maximum Gasteiger partial charge on any atom is 0.344 e. The number of ether oxygens (including phenoxy) is 1. The Morgan fingerprint density at radius 1 is 1.31 bits per heavy atom. The summed E-state index contributed by atoms with van der Waals surface area (Å²) in [6, 6.07) is 7.41. The molecule has 1 aromatic heterocycles. The summed E-state index contributed by atoms with van der Waals surface area (Å²) in [7, 11) is -2.21. The largest absolute Gasteiger partial charge is 0.462 e. The van der Waals surface area contributed by atoms with Gasteiger partial charge in [0.1, 0.15) is 10.1 Å². The van der Waals surface area contributed by atoms with Gasteiger partial charge < -0.3 is 9.64 Å². The van der Waals surface area contributed by atoms with E-state index in [-0.39, 0.29) is 35.1 Å². The van der Waals surface area contributed by atoms with Crippen LogP contribution in [0.25, 0.3) is 0 Å². The zero-order valence-electron chi connectivity index (χ0n) is 20.4. The van der Waals surface area contributed by atoms with Crippen LogP contribution in [0.4, 0.5) is 10.5 Å². The lowest BCUT2D eigenvalue weighted by Crippen LogP contribution is -2.48. The first-order valence-electron chi connectivity index (χ1n) is 11.2. The molecule has 2 atom stereocenters. The van der Waals surface area contributed by atoms with Crippen LogP contribution < -0.4 is 0 Å².